The van der Waals surface area contributed by atoms with Gasteiger partial charge in [0.15, 0.2) is 0 Å². The number of carbonyl (C=O) groups excluding carboxylic acids is 1. The molecule has 1 unspecified atom stereocenters. The molecule has 2 aromatic heterocycles. The monoisotopic (exact) mass is 375 g/mol. The number of aryl methyl sites for hydroxylation is 2. The van der Waals surface area contributed by atoms with E-state index >= 15 is 0 Å². The van der Waals surface area contributed by atoms with Gasteiger partial charge in [-0.05, 0) is 56.2 Å². The fourth-order valence-electron chi connectivity index (χ4n) is 3.88. The number of aromatic nitrogens is 3. The van der Waals surface area contributed by atoms with E-state index in [1.54, 1.807) is 24.5 Å². The molecule has 1 N–H and O–H groups in total. The first kappa shape index (κ1) is 18.4. The van der Waals surface area contributed by atoms with E-state index in [9.17, 15) is 4.79 Å². The Labute approximate surface area is 165 Å². The summed E-state index contributed by atoms with van der Waals surface area (Å²) in [7, 11) is 0. The first-order valence-corrected chi connectivity index (χ1v) is 9.64. The predicted molar refractivity (Wildman–Crippen MR) is 109 cm³/mol. The van der Waals surface area contributed by atoms with Gasteiger partial charge in [-0.2, -0.15) is 5.10 Å². The number of pyridine rings is 1. The highest BCUT2D eigenvalue weighted by Gasteiger charge is 2.25. The van der Waals surface area contributed by atoms with E-state index in [2.05, 4.69) is 44.0 Å². The number of carbonyl (C=O) groups is 1. The summed E-state index contributed by atoms with van der Waals surface area (Å²) >= 11 is 0. The summed E-state index contributed by atoms with van der Waals surface area (Å²) < 4.78 is 2.16. The number of rotatable bonds is 5. The topological polar surface area (TPSA) is 63.1 Å². The van der Waals surface area contributed by atoms with E-state index in [1.165, 1.54) is 5.69 Å². The van der Waals surface area contributed by atoms with Crippen molar-refractivity contribution in [1.29, 1.82) is 0 Å². The Hall–Kier alpha value is -2.99. The zero-order valence-corrected chi connectivity index (χ0v) is 16.3. The van der Waals surface area contributed by atoms with Crippen molar-refractivity contribution in [3.8, 4) is 0 Å². The van der Waals surface area contributed by atoms with Gasteiger partial charge in [0.2, 0.25) is 0 Å². The van der Waals surface area contributed by atoms with Gasteiger partial charge in [0, 0.05) is 49.0 Å². The summed E-state index contributed by atoms with van der Waals surface area (Å²) in [6, 6.07) is 14.0. The Balaban J connectivity index is 1.40. The molecular formula is C22H25N5O. The van der Waals surface area contributed by atoms with Gasteiger partial charge in [0.25, 0.3) is 5.91 Å². The molecule has 1 amide bonds. The molecule has 1 aliphatic heterocycles. The molecule has 0 bridgehead atoms. The number of hydrogen-bond donors (Lipinski definition) is 1. The molecule has 1 aliphatic rings. The molecular weight excluding hydrogens is 350 g/mol. The van der Waals surface area contributed by atoms with Crippen molar-refractivity contribution < 1.29 is 4.79 Å². The van der Waals surface area contributed by atoms with Crippen LogP contribution in [0.2, 0.25) is 0 Å². The average Bonchev–Trinajstić information content (AvgIpc) is 3.28. The van der Waals surface area contributed by atoms with Crippen LogP contribution in [0.1, 0.15) is 39.8 Å². The van der Waals surface area contributed by atoms with Crippen LogP contribution in [0.3, 0.4) is 0 Å². The van der Waals surface area contributed by atoms with Gasteiger partial charge in [-0.15, -0.1) is 0 Å². The Bertz CT molecular complexity index is 966. The molecule has 1 fully saturated rings. The largest absolute Gasteiger partial charge is 0.322 e. The molecule has 28 heavy (non-hydrogen) atoms. The summed E-state index contributed by atoms with van der Waals surface area (Å²) in [6.07, 6.45) is 4.43. The van der Waals surface area contributed by atoms with E-state index < -0.39 is 0 Å². The van der Waals surface area contributed by atoms with Crippen molar-refractivity contribution >= 4 is 11.6 Å². The van der Waals surface area contributed by atoms with E-state index in [0.717, 1.165) is 43.0 Å². The van der Waals surface area contributed by atoms with Gasteiger partial charge in [0.1, 0.15) is 0 Å². The third-order valence-corrected chi connectivity index (χ3v) is 5.17. The summed E-state index contributed by atoms with van der Waals surface area (Å²) in [6.45, 7) is 7.02. The number of nitrogens with one attached hydrogen (secondary N) is 1. The van der Waals surface area contributed by atoms with Gasteiger partial charge >= 0.3 is 0 Å². The van der Waals surface area contributed by atoms with Crippen LogP contribution >= 0.6 is 0 Å². The number of anilines is 1. The highest BCUT2D eigenvalue weighted by Crippen LogP contribution is 2.24. The minimum atomic E-state index is -0.102. The van der Waals surface area contributed by atoms with E-state index in [4.69, 9.17) is 0 Å². The Morgan fingerprint density at radius 3 is 2.75 bits per heavy atom. The molecule has 3 aromatic rings. The first-order chi connectivity index (χ1) is 13.6. The molecule has 0 saturated carbocycles. The second-order valence-electron chi connectivity index (χ2n) is 7.44. The molecule has 6 nitrogen and oxygen atoms in total. The molecule has 0 radical (unpaired) electrons. The van der Waals surface area contributed by atoms with Gasteiger partial charge in [0.05, 0.1) is 11.7 Å². The fourth-order valence-corrected chi connectivity index (χ4v) is 3.88. The van der Waals surface area contributed by atoms with Crippen molar-refractivity contribution in [2.24, 2.45) is 0 Å². The maximum atomic E-state index is 12.5. The predicted octanol–water partition coefficient (Wildman–Crippen LogP) is 3.59. The lowest BCUT2D eigenvalue weighted by Gasteiger charge is -2.17. The van der Waals surface area contributed by atoms with E-state index in [-0.39, 0.29) is 5.91 Å². The highest BCUT2D eigenvalue weighted by molar-refractivity contribution is 6.04. The normalized spacial score (nSPS) is 17.0. The fraction of sp³-hybridized carbons (Fsp3) is 0.318. The molecule has 4 rings (SSSR count). The molecule has 1 atom stereocenters. The molecule has 6 heteroatoms. The molecule has 0 aliphatic carbocycles. The quantitative estimate of drug-likeness (QED) is 0.740. The van der Waals surface area contributed by atoms with Crippen LogP contribution in [0.5, 0.6) is 0 Å². The van der Waals surface area contributed by atoms with Crippen molar-refractivity contribution in [3.63, 3.8) is 0 Å². The van der Waals surface area contributed by atoms with Crippen molar-refractivity contribution in [2.75, 3.05) is 18.4 Å². The molecule has 1 saturated heterocycles. The number of nitrogens with zero attached hydrogens (tertiary/aromatic N) is 4. The Morgan fingerprint density at radius 2 is 2.00 bits per heavy atom. The van der Waals surface area contributed by atoms with Crippen LogP contribution < -0.4 is 5.32 Å². The van der Waals surface area contributed by atoms with E-state index in [0.29, 0.717) is 11.6 Å². The van der Waals surface area contributed by atoms with Crippen molar-refractivity contribution in [3.05, 3.63) is 77.4 Å². The van der Waals surface area contributed by atoms with Gasteiger partial charge in [-0.25, -0.2) is 0 Å². The van der Waals surface area contributed by atoms with Gasteiger partial charge in [-0.1, -0.05) is 12.1 Å². The standard InChI is InChI=1S/C22H25N5O/c1-16-12-17(2)27(25-16)21-8-11-26(15-21)14-18-4-3-5-19(13-18)22(28)24-20-6-9-23-10-7-20/h3-7,9-10,12-13,21H,8,11,14-15H2,1-2H3,(H,23,24,28). The van der Waals surface area contributed by atoms with E-state index in [1.807, 2.05) is 25.1 Å². The second-order valence-corrected chi connectivity index (χ2v) is 7.44. The molecule has 144 valence electrons. The summed E-state index contributed by atoms with van der Waals surface area (Å²) in [5.74, 6) is -0.102. The molecule has 1 aromatic carbocycles. The minimum Gasteiger partial charge on any atom is -0.322 e. The van der Waals surface area contributed by atoms with Crippen LogP contribution in [0.15, 0.2) is 54.9 Å². The Morgan fingerprint density at radius 1 is 1.18 bits per heavy atom. The number of hydrogen-bond acceptors (Lipinski definition) is 4. The smallest absolute Gasteiger partial charge is 0.255 e. The summed E-state index contributed by atoms with van der Waals surface area (Å²) in [5.41, 5.74) is 4.86. The number of benzene rings is 1. The average molecular weight is 375 g/mol. The SMILES string of the molecule is Cc1cc(C)n(C2CCN(Cc3cccc(C(=O)Nc4ccncc4)c3)C2)n1. The third kappa shape index (κ3) is 4.12. The van der Waals surface area contributed by atoms with Crippen LogP contribution in [0.25, 0.3) is 0 Å². The third-order valence-electron chi connectivity index (χ3n) is 5.17. The maximum absolute atomic E-state index is 12.5. The summed E-state index contributed by atoms with van der Waals surface area (Å²) in [4.78, 5) is 18.9. The lowest BCUT2D eigenvalue weighted by Crippen LogP contribution is -2.22. The summed E-state index contributed by atoms with van der Waals surface area (Å²) in [5, 5.41) is 7.56. The Kier molecular flexibility index (Phi) is 5.21. The molecule has 0 spiro atoms. The number of likely N-dealkylation sites (tertiary alicyclic amines) is 1. The maximum Gasteiger partial charge on any atom is 0.255 e. The lowest BCUT2D eigenvalue weighted by atomic mass is 10.1. The van der Waals surface area contributed by atoms with Crippen LogP contribution in [0, 0.1) is 13.8 Å². The van der Waals surface area contributed by atoms with Crippen molar-refractivity contribution in [2.45, 2.75) is 32.9 Å². The lowest BCUT2D eigenvalue weighted by molar-refractivity contribution is 0.102. The highest BCUT2D eigenvalue weighted by atomic mass is 16.1. The van der Waals surface area contributed by atoms with Crippen LogP contribution in [-0.4, -0.2) is 38.7 Å². The minimum absolute atomic E-state index is 0.102. The second kappa shape index (κ2) is 7.94. The number of amides is 1. The first-order valence-electron chi connectivity index (χ1n) is 9.64. The van der Waals surface area contributed by atoms with Crippen molar-refractivity contribution in [1.82, 2.24) is 19.7 Å². The van der Waals surface area contributed by atoms with Gasteiger partial charge in [-0.3, -0.25) is 19.4 Å². The zero-order valence-electron chi connectivity index (χ0n) is 16.3. The molecule has 3 heterocycles. The van der Waals surface area contributed by atoms with Crippen LogP contribution in [0.4, 0.5) is 5.69 Å². The zero-order chi connectivity index (χ0) is 19.5. The van der Waals surface area contributed by atoms with Gasteiger partial charge < -0.3 is 5.32 Å². The van der Waals surface area contributed by atoms with Crippen LogP contribution in [-0.2, 0) is 6.54 Å².